The molecule has 0 saturated heterocycles. The molecule has 0 unspecified atom stereocenters. The largest absolute Gasteiger partial charge is 0.497 e. The summed E-state index contributed by atoms with van der Waals surface area (Å²) in [6.07, 6.45) is 5.08. The van der Waals surface area contributed by atoms with Gasteiger partial charge in [-0.05, 0) is 66.4 Å². The highest BCUT2D eigenvalue weighted by Gasteiger charge is 2.34. The van der Waals surface area contributed by atoms with Gasteiger partial charge in [-0.25, -0.2) is 0 Å². The predicted molar refractivity (Wildman–Crippen MR) is 115 cm³/mol. The Morgan fingerprint density at radius 3 is 1.86 bits per heavy atom. The third kappa shape index (κ3) is 3.67. The van der Waals surface area contributed by atoms with Crippen LogP contribution in [0.2, 0.25) is 0 Å². The van der Waals surface area contributed by atoms with Crippen molar-refractivity contribution in [2.75, 3.05) is 14.2 Å². The summed E-state index contributed by atoms with van der Waals surface area (Å²) in [5, 5.41) is 11.3. The Balaban J connectivity index is 1.81. The van der Waals surface area contributed by atoms with Crippen LogP contribution in [-0.4, -0.2) is 19.3 Å². The first-order valence-electron chi connectivity index (χ1n) is 9.78. The van der Waals surface area contributed by atoms with Crippen LogP contribution in [0, 0.1) is 0 Å². The summed E-state index contributed by atoms with van der Waals surface area (Å²) in [7, 11) is 3.36. The van der Waals surface area contributed by atoms with Crippen molar-refractivity contribution >= 4 is 11.3 Å². The topological polar surface area (TPSA) is 38.7 Å². The van der Waals surface area contributed by atoms with Crippen LogP contribution in [0.5, 0.6) is 11.5 Å². The standard InChI is InChI=1S/C24H26O3S/c1-26-19-10-6-17(7-11-19)21-16-22(24(25)14-4-3-5-15-24)28-23(21)18-8-12-20(27-2)13-9-18/h6-13,16,25H,3-5,14-15H2,1-2H3. The van der Waals surface area contributed by atoms with Gasteiger partial charge >= 0.3 is 0 Å². The number of methoxy groups -OCH3 is 2. The predicted octanol–water partition coefficient (Wildman–Crippen LogP) is 6.25. The van der Waals surface area contributed by atoms with Gasteiger partial charge in [0.1, 0.15) is 11.5 Å². The molecule has 1 aliphatic carbocycles. The average molecular weight is 395 g/mol. The maximum atomic E-state index is 11.3. The Bertz CT molecular complexity index is 854. The molecule has 0 radical (unpaired) electrons. The van der Waals surface area contributed by atoms with Crippen molar-refractivity contribution in [3.63, 3.8) is 0 Å². The highest BCUT2D eigenvalue weighted by Crippen LogP contribution is 2.47. The number of rotatable bonds is 5. The number of aliphatic hydroxyl groups is 1. The minimum atomic E-state index is -0.700. The molecule has 28 heavy (non-hydrogen) atoms. The average Bonchev–Trinajstić information content (AvgIpc) is 3.21. The van der Waals surface area contributed by atoms with E-state index in [9.17, 15) is 5.11 Å². The zero-order valence-electron chi connectivity index (χ0n) is 16.4. The van der Waals surface area contributed by atoms with E-state index in [4.69, 9.17) is 9.47 Å². The van der Waals surface area contributed by atoms with Gasteiger partial charge in [0.25, 0.3) is 0 Å². The molecule has 0 bridgehead atoms. The van der Waals surface area contributed by atoms with Crippen LogP contribution < -0.4 is 9.47 Å². The van der Waals surface area contributed by atoms with Gasteiger partial charge in [-0.3, -0.25) is 0 Å². The van der Waals surface area contributed by atoms with Crippen molar-refractivity contribution in [2.24, 2.45) is 0 Å². The van der Waals surface area contributed by atoms with E-state index in [0.717, 1.165) is 58.7 Å². The molecule has 0 amide bonds. The van der Waals surface area contributed by atoms with E-state index in [-0.39, 0.29) is 0 Å². The molecule has 1 aliphatic rings. The molecule has 1 aromatic heterocycles. The van der Waals surface area contributed by atoms with Crippen LogP contribution >= 0.6 is 11.3 Å². The van der Waals surface area contributed by atoms with Crippen LogP contribution in [0.15, 0.2) is 54.6 Å². The molecule has 1 saturated carbocycles. The molecule has 2 aromatic carbocycles. The van der Waals surface area contributed by atoms with Crippen molar-refractivity contribution in [2.45, 2.75) is 37.7 Å². The molecule has 146 valence electrons. The van der Waals surface area contributed by atoms with Gasteiger partial charge in [-0.2, -0.15) is 0 Å². The number of benzene rings is 2. The SMILES string of the molecule is COc1ccc(-c2cc(C3(O)CCCCC3)sc2-c2ccc(OC)cc2)cc1. The molecule has 3 nitrogen and oxygen atoms in total. The molecule has 0 spiro atoms. The summed E-state index contributed by atoms with van der Waals surface area (Å²) in [5.41, 5.74) is 2.73. The van der Waals surface area contributed by atoms with E-state index in [1.54, 1.807) is 25.6 Å². The highest BCUT2D eigenvalue weighted by molar-refractivity contribution is 7.16. The summed E-state index contributed by atoms with van der Waals surface area (Å²) in [5.74, 6) is 1.69. The molecular weight excluding hydrogens is 368 g/mol. The number of hydrogen-bond acceptors (Lipinski definition) is 4. The van der Waals surface area contributed by atoms with Crippen LogP contribution in [-0.2, 0) is 5.60 Å². The van der Waals surface area contributed by atoms with Gasteiger partial charge < -0.3 is 14.6 Å². The van der Waals surface area contributed by atoms with Crippen molar-refractivity contribution in [1.82, 2.24) is 0 Å². The van der Waals surface area contributed by atoms with Crippen LogP contribution in [0.25, 0.3) is 21.6 Å². The molecule has 1 fully saturated rings. The Morgan fingerprint density at radius 2 is 1.32 bits per heavy atom. The Kier molecular flexibility index (Phi) is 5.42. The molecule has 3 aromatic rings. The molecule has 4 rings (SSSR count). The molecular formula is C24H26O3S. The summed E-state index contributed by atoms with van der Waals surface area (Å²) >= 11 is 1.71. The fourth-order valence-corrected chi connectivity index (χ4v) is 5.28. The first-order valence-corrected chi connectivity index (χ1v) is 10.6. The second-order valence-electron chi connectivity index (χ2n) is 7.40. The van der Waals surface area contributed by atoms with Crippen molar-refractivity contribution in [3.05, 3.63) is 59.5 Å². The van der Waals surface area contributed by atoms with Gasteiger partial charge in [0.15, 0.2) is 0 Å². The van der Waals surface area contributed by atoms with Gasteiger partial charge in [0.2, 0.25) is 0 Å². The summed E-state index contributed by atoms with van der Waals surface area (Å²) in [4.78, 5) is 2.26. The zero-order valence-corrected chi connectivity index (χ0v) is 17.2. The maximum absolute atomic E-state index is 11.3. The van der Waals surface area contributed by atoms with E-state index >= 15 is 0 Å². The normalized spacial score (nSPS) is 16.0. The first kappa shape index (κ1) is 19.0. The van der Waals surface area contributed by atoms with E-state index in [1.807, 2.05) is 24.3 Å². The lowest BCUT2D eigenvalue weighted by atomic mass is 9.83. The number of ether oxygens (including phenoxy) is 2. The van der Waals surface area contributed by atoms with Crippen molar-refractivity contribution < 1.29 is 14.6 Å². The Labute approximate surface area is 170 Å². The second-order valence-corrected chi connectivity index (χ2v) is 8.45. The van der Waals surface area contributed by atoms with Crippen LogP contribution in [0.3, 0.4) is 0 Å². The third-order valence-corrected chi connectivity index (χ3v) is 7.00. The third-order valence-electron chi connectivity index (χ3n) is 5.62. The number of hydrogen-bond donors (Lipinski definition) is 1. The summed E-state index contributed by atoms with van der Waals surface area (Å²) in [6.45, 7) is 0. The Hall–Kier alpha value is -2.30. The van der Waals surface area contributed by atoms with Crippen LogP contribution in [0.4, 0.5) is 0 Å². The summed E-state index contributed by atoms with van der Waals surface area (Å²) < 4.78 is 10.6. The van der Waals surface area contributed by atoms with Gasteiger partial charge in [-0.15, -0.1) is 11.3 Å². The lowest BCUT2D eigenvalue weighted by Gasteiger charge is -2.31. The monoisotopic (exact) mass is 394 g/mol. The van der Waals surface area contributed by atoms with E-state index in [0.29, 0.717) is 0 Å². The van der Waals surface area contributed by atoms with E-state index in [1.165, 1.54) is 11.3 Å². The molecule has 1 N–H and O–H groups in total. The maximum Gasteiger partial charge on any atom is 0.118 e. The smallest absolute Gasteiger partial charge is 0.118 e. The lowest BCUT2D eigenvalue weighted by molar-refractivity contribution is 0.00285. The second kappa shape index (κ2) is 7.98. The Morgan fingerprint density at radius 1 is 0.786 bits per heavy atom. The summed E-state index contributed by atoms with van der Waals surface area (Å²) in [6, 6.07) is 18.5. The zero-order chi connectivity index (χ0) is 19.6. The van der Waals surface area contributed by atoms with Gasteiger partial charge in [0.05, 0.1) is 19.8 Å². The van der Waals surface area contributed by atoms with E-state index < -0.39 is 5.60 Å². The van der Waals surface area contributed by atoms with Gasteiger partial charge in [0, 0.05) is 15.3 Å². The van der Waals surface area contributed by atoms with Crippen molar-refractivity contribution in [3.8, 4) is 33.1 Å². The first-order chi connectivity index (χ1) is 13.6. The van der Waals surface area contributed by atoms with Crippen LogP contribution in [0.1, 0.15) is 37.0 Å². The molecule has 4 heteroatoms. The minimum Gasteiger partial charge on any atom is -0.497 e. The number of thiophene rings is 1. The fraction of sp³-hybridized carbons (Fsp3) is 0.333. The minimum absolute atomic E-state index is 0.700. The van der Waals surface area contributed by atoms with Crippen molar-refractivity contribution in [1.29, 1.82) is 0 Å². The van der Waals surface area contributed by atoms with E-state index in [2.05, 4.69) is 30.3 Å². The highest BCUT2D eigenvalue weighted by atomic mass is 32.1. The van der Waals surface area contributed by atoms with Gasteiger partial charge in [-0.1, -0.05) is 31.4 Å². The quantitative estimate of drug-likeness (QED) is 0.556. The molecule has 0 aliphatic heterocycles. The lowest BCUT2D eigenvalue weighted by Crippen LogP contribution is -2.27. The molecule has 1 heterocycles. The fourth-order valence-electron chi connectivity index (χ4n) is 3.95. The molecule has 0 atom stereocenters.